The molecule has 0 aromatic rings. The van der Waals surface area contributed by atoms with Crippen LogP contribution in [-0.4, -0.2) is 162 Å². The Kier molecular flexibility index (Phi) is 27.3. The third-order valence-corrected chi connectivity index (χ3v) is 9.56. The fraction of sp³-hybridized carbons (Fsp3) is 0.762. The summed E-state index contributed by atoms with van der Waals surface area (Å²) in [4.78, 5) is 27.6. The Bertz CT molecular complexity index is 1800. The molecule has 0 saturated carbocycles. The van der Waals surface area contributed by atoms with Gasteiger partial charge >= 0.3 is 67.1 Å². The molecule has 0 aromatic carbocycles. The molecular formula is C42H54F22N2O10. The number of carbonyl (C=O) groups is 2. The van der Waals surface area contributed by atoms with Gasteiger partial charge in [0.1, 0.15) is 39.6 Å². The van der Waals surface area contributed by atoms with E-state index in [0.717, 1.165) is 12.2 Å². The van der Waals surface area contributed by atoms with Crippen LogP contribution in [0.25, 0.3) is 0 Å². The van der Waals surface area contributed by atoms with E-state index in [2.05, 4.69) is 59.5 Å². The quantitative estimate of drug-likeness (QED) is 0.0333. The molecule has 0 aliphatic carbocycles. The van der Waals surface area contributed by atoms with Crippen molar-refractivity contribution in [3.63, 3.8) is 0 Å². The number of rotatable bonds is 41. The molecule has 446 valence electrons. The molecule has 34 heteroatoms. The van der Waals surface area contributed by atoms with E-state index in [1.54, 1.807) is 0 Å². The SMILES string of the molecule is C=CCC(CC=C)(CCC(CC=C)(CC=C)CN(CCOCC(F)(F)OC(F)(F)C(F)(F)F)C(=O)C(F)(F)OC(F)(F)COCC(F)(F)F)CN(CCOCC(F)(F)OC(C)(F)F)C(=O)COCC(F)(F)OC(C)(F)F. The van der Waals surface area contributed by atoms with Gasteiger partial charge < -0.3 is 28.7 Å². The molecule has 0 rings (SSSR count). The van der Waals surface area contributed by atoms with E-state index < -0.39 is 189 Å². The van der Waals surface area contributed by atoms with Crippen LogP contribution in [0.3, 0.4) is 0 Å². The van der Waals surface area contributed by atoms with Gasteiger partial charge in [0.25, 0.3) is 0 Å². The van der Waals surface area contributed by atoms with Gasteiger partial charge in [0, 0.05) is 40.0 Å². The first-order valence-electron chi connectivity index (χ1n) is 21.4. The maximum atomic E-state index is 15.4. The predicted octanol–water partition coefficient (Wildman–Crippen LogP) is 11.7. The smallest absolute Gasteiger partial charge is 0.371 e. The van der Waals surface area contributed by atoms with Crippen LogP contribution >= 0.6 is 0 Å². The van der Waals surface area contributed by atoms with Crippen LogP contribution in [0.2, 0.25) is 0 Å². The highest BCUT2D eigenvalue weighted by atomic mass is 19.4. The highest BCUT2D eigenvalue weighted by molar-refractivity contribution is 5.82. The maximum Gasteiger partial charge on any atom is 0.483 e. The van der Waals surface area contributed by atoms with E-state index in [9.17, 15) is 97.4 Å². The first kappa shape index (κ1) is 72.0. The van der Waals surface area contributed by atoms with Gasteiger partial charge in [-0.05, 0) is 49.4 Å². The number of carbonyl (C=O) groups excluding carboxylic acids is 2. The Hall–Kier alpha value is -3.96. The average Bonchev–Trinajstić information content (AvgIpc) is 3.18. The highest BCUT2D eigenvalue weighted by Crippen LogP contribution is 2.44. The first-order valence-corrected chi connectivity index (χ1v) is 21.4. The number of alkyl halides is 22. The minimum absolute atomic E-state index is 0.0434. The highest BCUT2D eigenvalue weighted by Gasteiger charge is 2.64. The minimum Gasteiger partial charge on any atom is -0.371 e. The van der Waals surface area contributed by atoms with Crippen molar-refractivity contribution in [1.29, 1.82) is 0 Å². The van der Waals surface area contributed by atoms with Crippen LogP contribution in [0.15, 0.2) is 50.6 Å². The predicted molar refractivity (Wildman–Crippen MR) is 217 cm³/mol. The number of ether oxygens (including phenoxy) is 8. The summed E-state index contributed by atoms with van der Waals surface area (Å²) in [6.45, 7) is -5.43. The molecule has 2 amide bonds. The Morgan fingerprint density at radius 2 is 0.789 bits per heavy atom. The van der Waals surface area contributed by atoms with Crippen molar-refractivity contribution in [2.75, 3.05) is 79.0 Å². The van der Waals surface area contributed by atoms with E-state index in [1.165, 1.54) is 12.2 Å². The fourth-order valence-electron chi connectivity index (χ4n) is 6.77. The summed E-state index contributed by atoms with van der Waals surface area (Å²) < 4.78 is 328. The molecule has 0 spiro atoms. The third kappa shape index (κ3) is 29.1. The van der Waals surface area contributed by atoms with E-state index in [4.69, 9.17) is 4.74 Å². The fourth-order valence-corrected chi connectivity index (χ4v) is 6.77. The molecule has 0 aliphatic rings. The van der Waals surface area contributed by atoms with Crippen molar-refractivity contribution in [2.45, 2.75) is 114 Å². The van der Waals surface area contributed by atoms with Crippen molar-refractivity contribution in [3.8, 4) is 0 Å². The summed E-state index contributed by atoms with van der Waals surface area (Å²) in [6.07, 6.45) is -51.2. The Morgan fingerprint density at radius 1 is 0.447 bits per heavy atom. The lowest BCUT2D eigenvalue weighted by molar-refractivity contribution is -0.460. The van der Waals surface area contributed by atoms with Crippen molar-refractivity contribution in [2.24, 2.45) is 10.8 Å². The molecule has 0 aliphatic heterocycles. The normalized spacial score (nSPS) is 14.2. The molecule has 0 N–H and O–H groups in total. The Balaban J connectivity index is 7.38. The molecule has 0 bridgehead atoms. The minimum atomic E-state index is -6.71. The average molecular weight is 1160 g/mol. The number of hydrogen-bond donors (Lipinski definition) is 0. The zero-order chi connectivity index (χ0) is 59.5. The Morgan fingerprint density at radius 3 is 1.16 bits per heavy atom. The van der Waals surface area contributed by atoms with Crippen molar-refractivity contribution >= 4 is 11.8 Å². The molecule has 0 radical (unpaired) electrons. The number of halogens is 22. The number of nitrogens with zero attached hydrogens (tertiary/aromatic N) is 2. The second kappa shape index (κ2) is 28.8. The summed E-state index contributed by atoms with van der Waals surface area (Å²) in [5.41, 5.74) is -3.35. The monoisotopic (exact) mass is 1160 g/mol. The molecule has 0 heterocycles. The molecule has 0 atom stereocenters. The topological polar surface area (TPSA) is 114 Å². The van der Waals surface area contributed by atoms with Gasteiger partial charge in [-0.3, -0.25) is 19.1 Å². The van der Waals surface area contributed by atoms with Crippen molar-refractivity contribution in [3.05, 3.63) is 50.6 Å². The lowest BCUT2D eigenvalue weighted by atomic mass is 9.68. The zero-order valence-electron chi connectivity index (χ0n) is 40.2. The molecule has 0 unspecified atom stereocenters. The standard InChI is InChI=1S/C42H54F22N2O10/c1-7-11-33(12-8-2,22-65(17-19-69-25-36(50,51)73-31(5,43)44)29(67)21-71-27-37(52,53)74-32(6,45)46)15-16-34(13-9-3,14-10-4)23-66(18-20-70-26-39(56,57)76-42(63,64)41(60,61)62)30(68)40(58,59)75-38(54,55)28-72-24-35(47,48)49/h7-10H,1-4,11-28H2,5-6H3. The Labute approximate surface area is 419 Å². The molecule has 0 fully saturated rings. The lowest BCUT2D eigenvalue weighted by Gasteiger charge is -2.43. The first-order chi connectivity index (χ1) is 34.2. The zero-order valence-corrected chi connectivity index (χ0v) is 40.2. The van der Waals surface area contributed by atoms with Crippen LogP contribution in [0.1, 0.15) is 52.4 Å². The second-order valence-electron chi connectivity index (χ2n) is 16.8. The van der Waals surface area contributed by atoms with Gasteiger partial charge in [0.15, 0.2) is 0 Å². The maximum absolute atomic E-state index is 15.4. The van der Waals surface area contributed by atoms with Gasteiger partial charge in [0.05, 0.1) is 13.2 Å². The van der Waals surface area contributed by atoms with Crippen LogP contribution in [0.5, 0.6) is 0 Å². The van der Waals surface area contributed by atoms with Crippen molar-refractivity contribution < 1.29 is 144 Å². The van der Waals surface area contributed by atoms with Crippen LogP contribution in [0, 0.1) is 10.8 Å². The summed E-state index contributed by atoms with van der Waals surface area (Å²) in [5.74, 6) is -4.17. The van der Waals surface area contributed by atoms with Crippen LogP contribution < -0.4 is 0 Å². The molecule has 0 aromatic heterocycles. The van der Waals surface area contributed by atoms with Gasteiger partial charge in [-0.25, -0.2) is 9.47 Å². The number of amides is 2. The van der Waals surface area contributed by atoms with E-state index in [0.29, 0.717) is 4.90 Å². The summed E-state index contributed by atoms with van der Waals surface area (Å²) >= 11 is 0. The second-order valence-corrected chi connectivity index (χ2v) is 16.8. The summed E-state index contributed by atoms with van der Waals surface area (Å²) in [6, 6.07) is 0. The van der Waals surface area contributed by atoms with Gasteiger partial charge in [-0.15, -0.1) is 26.3 Å². The lowest BCUT2D eigenvalue weighted by Crippen LogP contribution is -2.53. The van der Waals surface area contributed by atoms with E-state index in [1.807, 2.05) is 0 Å². The van der Waals surface area contributed by atoms with Crippen LogP contribution in [-0.2, 0) is 47.5 Å². The molecule has 0 saturated heterocycles. The van der Waals surface area contributed by atoms with Gasteiger partial charge in [-0.1, -0.05) is 24.3 Å². The molecular weight excluding hydrogens is 1110 g/mol. The van der Waals surface area contributed by atoms with Gasteiger partial charge in [0.2, 0.25) is 5.91 Å². The third-order valence-electron chi connectivity index (χ3n) is 9.56. The summed E-state index contributed by atoms with van der Waals surface area (Å²) in [7, 11) is 0. The largest absolute Gasteiger partial charge is 0.483 e. The number of allylic oxidation sites excluding steroid dienone is 4. The molecule has 12 nitrogen and oxygen atoms in total. The van der Waals surface area contributed by atoms with Crippen molar-refractivity contribution in [1.82, 2.24) is 9.80 Å². The van der Waals surface area contributed by atoms with E-state index >= 15 is 8.78 Å². The van der Waals surface area contributed by atoms with Crippen LogP contribution in [0.4, 0.5) is 96.6 Å². The number of hydrogen-bond acceptors (Lipinski definition) is 10. The molecule has 76 heavy (non-hydrogen) atoms. The van der Waals surface area contributed by atoms with E-state index in [-0.39, 0.29) is 31.6 Å². The summed E-state index contributed by atoms with van der Waals surface area (Å²) in [5, 5.41) is 0. The van der Waals surface area contributed by atoms with Gasteiger partial charge in [-0.2, -0.15) is 96.6 Å².